The van der Waals surface area contributed by atoms with E-state index in [1.54, 1.807) is 4.90 Å². The minimum absolute atomic E-state index is 0.0400. The Labute approximate surface area is 144 Å². The van der Waals surface area contributed by atoms with E-state index in [9.17, 15) is 9.59 Å². The summed E-state index contributed by atoms with van der Waals surface area (Å²) in [4.78, 5) is 29.2. The number of rotatable bonds is 1. The maximum absolute atomic E-state index is 13.3. The molecule has 1 aliphatic heterocycles. The van der Waals surface area contributed by atoms with Crippen molar-refractivity contribution in [2.75, 3.05) is 26.2 Å². The van der Waals surface area contributed by atoms with Crippen LogP contribution in [0.3, 0.4) is 0 Å². The molecule has 0 aromatic rings. The van der Waals surface area contributed by atoms with Gasteiger partial charge in [0.2, 0.25) is 5.91 Å². The van der Waals surface area contributed by atoms with Crippen LogP contribution in [0.1, 0.15) is 52.9 Å². The van der Waals surface area contributed by atoms with Crippen molar-refractivity contribution in [3.05, 3.63) is 0 Å². The van der Waals surface area contributed by atoms with Crippen LogP contribution in [-0.2, 0) is 9.53 Å². The fraction of sp³-hybridized carbons (Fsp3) is 0.895. The molecule has 0 radical (unpaired) electrons. The second-order valence-electron chi connectivity index (χ2n) is 9.46. The first kappa shape index (κ1) is 16.2. The van der Waals surface area contributed by atoms with Crippen LogP contribution in [0.2, 0.25) is 0 Å². The zero-order chi connectivity index (χ0) is 17.1. The van der Waals surface area contributed by atoms with Gasteiger partial charge in [0.1, 0.15) is 5.60 Å². The molecule has 4 aliphatic carbocycles. The second-order valence-corrected chi connectivity index (χ2v) is 9.46. The number of ether oxygens (including phenoxy) is 1. The summed E-state index contributed by atoms with van der Waals surface area (Å²) < 4.78 is 5.44. The highest BCUT2D eigenvalue weighted by Gasteiger charge is 2.62. The lowest BCUT2D eigenvalue weighted by Crippen LogP contribution is -2.55. The van der Waals surface area contributed by atoms with Gasteiger partial charge in [-0.2, -0.15) is 0 Å². The molecule has 2 unspecified atom stereocenters. The van der Waals surface area contributed by atoms with Gasteiger partial charge >= 0.3 is 6.09 Å². The van der Waals surface area contributed by atoms with Crippen molar-refractivity contribution in [1.82, 2.24) is 9.80 Å². The molecule has 24 heavy (non-hydrogen) atoms. The molecular formula is C19H30N2O3. The first-order valence-electron chi connectivity index (χ1n) is 9.54. The van der Waals surface area contributed by atoms with E-state index in [0.717, 1.165) is 24.7 Å². The Balaban J connectivity index is 1.37. The summed E-state index contributed by atoms with van der Waals surface area (Å²) in [6, 6.07) is 0. The highest BCUT2D eigenvalue weighted by atomic mass is 16.6. The fourth-order valence-corrected chi connectivity index (χ4v) is 5.88. The molecule has 5 fully saturated rings. The summed E-state index contributed by atoms with van der Waals surface area (Å²) in [5, 5.41) is 0. The Kier molecular flexibility index (Phi) is 3.63. The number of carbonyl (C=O) groups excluding carboxylic acids is 2. The summed E-state index contributed by atoms with van der Waals surface area (Å²) in [6.45, 7) is 8.15. The van der Waals surface area contributed by atoms with E-state index in [1.807, 2.05) is 25.7 Å². The van der Waals surface area contributed by atoms with E-state index in [1.165, 1.54) is 19.3 Å². The zero-order valence-corrected chi connectivity index (χ0v) is 15.2. The van der Waals surface area contributed by atoms with Crippen LogP contribution < -0.4 is 0 Å². The topological polar surface area (TPSA) is 49.9 Å². The third-order valence-electron chi connectivity index (χ3n) is 6.63. The summed E-state index contributed by atoms with van der Waals surface area (Å²) in [5.41, 5.74) is -0.507. The average molecular weight is 334 g/mol. The van der Waals surface area contributed by atoms with Crippen molar-refractivity contribution in [3.63, 3.8) is 0 Å². The normalized spacial score (nSPS) is 37.9. The first-order valence-corrected chi connectivity index (χ1v) is 9.54. The lowest BCUT2D eigenvalue weighted by atomic mass is 9.74. The van der Waals surface area contributed by atoms with E-state index in [-0.39, 0.29) is 11.5 Å². The fourth-order valence-electron chi connectivity index (χ4n) is 5.88. The third-order valence-corrected chi connectivity index (χ3v) is 6.63. The molecule has 1 heterocycles. The minimum Gasteiger partial charge on any atom is -0.444 e. The molecule has 0 aromatic carbocycles. The monoisotopic (exact) mass is 334 g/mol. The van der Waals surface area contributed by atoms with E-state index in [0.29, 0.717) is 38.0 Å². The highest BCUT2D eigenvalue weighted by molar-refractivity contribution is 5.84. The van der Waals surface area contributed by atoms with Crippen molar-refractivity contribution in [3.8, 4) is 0 Å². The SMILES string of the molecule is CC(C)(C)OC(=O)N1CCN(C(=O)C23CC4CC(CC2C4)C3)CC1. The van der Waals surface area contributed by atoms with E-state index >= 15 is 0 Å². The van der Waals surface area contributed by atoms with Gasteiger partial charge in [-0.25, -0.2) is 4.79 Å². The molecule has 5 heteroatoms. The molecule has 2 amide bonds. The predicted octanol–water partition coefficient (Wildman–Crippen LogP) is 2.89. The van der Waals surface area contributed by atoms with Crippen molar-refractivity contribution in [2.24, 2.45) is 23.2 Å². The maximum atomic E-state index is 13.3. The molecular weight excluding hydrogens is 304 g/mol. The van der Waals surface area contributed by atoms with Crippen LogP contribution in [-0.4, -0.2) is 53.6 Å². The van der Waals surface area contributed by atoms with Crippen LogP contribution >= 0.6 is 0 Å². The van der Waals surface area contributed by atoms with Gasteiger partial charge < -0.3 is 14.5 Å². The van der Waals surface area contributed by atoms with Crippen molar-refractivity contribution >= 4 is 12.0 Å². The summed E-state index contributed by atoms with van der Waals surface area (Å²) in [6.07, 6.45) is 5.91. The number of amides is 2. The lowest BCUT2D eigenvalue weighted by molar-refractivity contribution is -0.146. The molecule has 4 bridgehead atoms. The summed E-state index contributed by atoms with van der Waals surface area (Å²) in [5.74, 6) is 2.63. The minimum atomic E-state index is -0.467. The van der Waals surface area contributed by atoms with Gasteiger partial charge in [0.25, 0.3) is 0 Å². The van der Waals surface area contributed by atoms with Gasteiger partial charge in [-0.1, -0.05) is 0 Å². The van der Waals surface area contributed by atoms with Gasteiger partial charge in [-0.05, 0) is 70.6 Å². The average Bonchev–Trinajstić information content (AvgIpc) is 2.90. The van der Waals surface area contributed by atoms with Crippen LogP contribution in [0, 0.1) is 23.2 Å². The van der Waals surface area contributed by atoms with Gasteiger partial charge in [0.15, 0.2) is 0 Å². The van der Waals surface area contributed by atoms with Crippen molar-refractivity contribution < 1.29 is 14.3 Å². The molecule has 2 atom stereocenters. The lowest BCUT2D eigenvalue weighted by Gasteiger charge is -2.41. The number of hydrogen-bond acceptors (Lipinski definition) is 3. The Hall–Kier alpha value is -1.26. The number of piperazine rings is 1. The summed E-state index contributed by atoms with van der Waals surface area (Å²) >= 11 is 0. The van der Waals surface area contributed by atoms with E-state index in [4.69, 9.17) is 4.74 Å². The Morgan fingerprint density at radius 2 is 1.46 bits per heavy atom. The van der Waals surface area contributed by atoms with Crippen molar-refractivity contribution in [2.45, 2.75) is 58.5 Å². The standard InChI is InChI=1S/C19H30N2O3/c1-18(2,3)24-17(23)21-6-4-20(5-7-21)16(22)19-11-13-8-14(12-19)10-15(19)9-13/h13-15H,4-12H2,1-3H3. The smallest absolute Gasteiger partial charge is 0.410 e. The maximum Gasteiger partial charge on any atom is 0.410 e. The van der Waals surface area contributed by atoms with Crippen molar-refractivity contribution in [1.29, 1.82) is 0 Å². The molecule has 0 spiro atoms. The number of carbonyl (C=O) groups is 2. The van der Waals surface area contributed by atoms with Crippen LogP contribution in [0.25, 0.3) is 0 Å². The largest absolute Gasteiger partial charge is 0.444 e. The molecule has 0 N–H and O–H groups in total. The highest BCUT2D eigenvalue weighted by Crippen LogP contribution is 2.65. The number of hydrogen-bond donors (Lipinski definition) is 0. The van der Waals surface area contributed by atoms with E-state index in [2.05, 4.69) is 0 Å². The predicted molar refractivity (Wildman–Crippen MR) is 90.4 cm³/mol. The zero-order valence-electron chi connectivity index (χ0n) is 15.2. The molecule has 5 nitrogen and oxygen atoms in total. The Morgan fingerprint density at radius 3 is 2.00 bits per heavy atom. The second kappa shape index (κ2) is 5.37. The third kappa shape index (κ3) is 2.60. The number of nitrogens with zero attached hydrogens (tertiary/aromatic N) is 2. The molecule has 5 aliphatic rings. The van der Waals surface area contributed by atoms with Crippen LogP contribution in [0.4, 0.5) is 4.79 Å². The molecule has 5 rings (SSSR count). The van der Waals surface area contributed by atoms with Gasteiger partial charge in [0.05, 0.1) is 5.41 Å². The first-order chi connectivity index (χ1) is 11.3. The van der Waals surface area contributed by atoms with E-state index < -0.39 is 5.60 Å². The quantitative estimate of drug-likeness (QED) is 0.741. The van der Waals surface area contributed by atoms with Gasteiger partial charge in [-0.15, -0.1) is 0 Å². The van der Waals surface area contributed by atoms with Gasteiger partial charge in [-0.3, -0.25) is 4.79 Å². The Bertz CT molecular complexity index is 531. The molecule has 0 aromatic heterocycles. The molecule has 4 saturated carbocycles. The van der Waals surface area contributed by atoms with Crippen LogP contribution in [0.5, 0.6) is 0 Å². The molecule has 1 saturated heterocycles. The summed E-state index contributed by atoms with van der Waals surface area (Å²) in [7, 11) is 0. The molecule has 134 valence electrons. The van der Waals surface area contributed by atoms with Gasteiger partial charge in [0, 0.05) is 26.2 Å². The van der Waals surface area contributed by atoms with Crippen LogP contribution in [0.15, 0.2) is 0 Å². The Morgan fingerprint density at radius 1 is 0.917 bits per heavy atom.